The predicted octanol–water partition coefficient (Wildman–Crippen LogP) is 2.20. The van der Waals surface area contributed by atoms with E-state index in [0.717, 1.165) is 45.6 Å². The summed E-state index contributed by atoms with van der Waals surface area (Å²) in [5, 5.41) is 0. The number of nitrogens with zero attached hydrogens (tertiary/aromatic N) is 3. The number of ether oxygens (including phenoxy) is 1. The second-order valence-corrected chi connectivity index (χ2v) is 7.07. The Kier molecular flexibility index (Phi) is 6.50. The highest BCUT2D eigenvalue weighted by molar-refractivity contribution is 5.80. The Morgan fingerprint density at radius 2 is 1.77 bits per heavy atom. The minimum Gasteiger partial charge on any atom is -0.450 e. The molecule has 1 atom stereocenters. The summed E-state index contributed by atoms with van der Waals surface area (Å²) < 4.78 is 5.08. The molecule has 2 heterocycles. The van der Waals surface area contributed by atoms with Gasteiger partial charge in [-0.2, -0.15) is 0 Å². The molecule has 1 aromatic rings. The second-order valence-electron chi connectivity index (χ2n) is 7.07. The molecule has 2 saturated heterocycles. The fraction of sp³-hybridized carbons (Fsp3) is 0.600. The minimum absolute atomic E-state index is 0.0890. The van der Waals surface area contributed by atoms with Gasteiger partial charge in [0.15, 0.2) is 0 Å². The van der Waals surface area contributed by atoms with Gasteiger partial charge in [-0.25, -0.2) is 4.79 Å². The average Bonchev–Trinajstić information content (AvgIpc) is 2.69. The highest BCUT2D eigenvalue weighted by atomic mass is 16.6. The largest absolute Gasteiger partial charge is 0.450 e. The molecule has 2 fully saturated rings. The number of hydrogen-bond donors (Lipinski definition) is 0. The van der Waals surface area contributed by atoms with Crippen LogP contribution in [-0.4, -0.2) is 72.6 Å². The fourth-order valence-corrected chi connectivity index (χ4v) is 3.79. The predicted molar refractivity (Wildman–Crippen MR) is 99.6 cm³/mol. The van der Waals surface area contributed by atoms with Crippen LogP contribution in [0.1, 0.15) is 25.3 Å². The maximum atomic E-state index is 12.9. The van der Waals surface area contributed by atoms with Crippen molar-refractivity contribution in [3.05, 3.63) is 35.9 Å². The van der Waals surface area contributed by atoms with Gasteiger partial charge in [0.25, 0.3) is 0 Å². The topological polar surface area (TPSA) is 53.1 Å². The van der Waals surface area contributed by atoms with Gasteiger partial charge in [0, 0.05) is 45.8 Å². The van der Waals surface area contributed by atoms with Gasteiger partial charge in [0.2, 0.25) is 5.91 Å². The Balaban J connectivity index is 1.48. The van der Waals surface area contributed by atoms with Crippen molar-refractivity contribution < 1.29 is 14.3 Å². The number of benzene rings is 1. The Bertz CT molecular complexity index is 600. The van der Waals surface area contributed by atoms with Crippen LogP contribution in [-0.2, 0) is 16.1 Å². The Morgan fingerprint density at radius 1 is 1.04 bits per heavy atom. The lowest BCUT2D eigenvalue weighted by Gasteiger charge is -2.38. The van der Waals surface area contributed by atoms with E-state index in [0.29, 0.717) is 19.7 Å². The van der Waals surface area contributed by atoms with Crippen molar-refractivity contribution in [1.29, 1.82) is 0 Å². The van der Waals surface area contributed by atoms with Gasteiger partial charge in [0.05, 0.1) is 12.5 Å². The molecule has 2 aliphatic heterocycles. The summed E-state index contributed by atoms with van der Waals surface area (Å²) in [7, 11) is 0. The molecule has 0 aromatic heterocycles. The van der Waals surface area contributed by atoms with Crippen LogP contribution < -0.4 is 0 Å². The molecule has 3 rings (SSSR count). The Hall–Kier alpha value is -2.08. The van der Waals surface area contributed by atoms with E-state index in [1.807, 2.05) is 11.0 Å². The van der Waals surface area contributed by atoms with E-state index in [-0.39, 0.29) is 17.9 Å². The molecule has 1 unspecified atom stereocenters. The van der Waals surface area contributed by atoms with Crippen molar-refractivity contribution in [3.8, 4) is 0 Å². The van der Waals surface area contributed by atoms with Crippen LogP contribution in [0.3, 0.4) is 0 Å². The highest BCUT2D eigenvalue weighted by Gasteiger charge is 2.33. The maximum absolute atomic E-state index is 12.9. The highest BCUT2D eigenvalue weighted by Crippen LogP contribution is 2.21. The number of piperidine rings is 1. The van der Waals surface area contributed by atoms with Crippen LogP contribution in [0.25, 0.3) is 0 Å². The fourth-order valence-electron chi connectivity index (χ4n) is 3.79. The molecule has 1 aromatic carbocycles. The number of amides is 2. The van der Waals surface area contributed by atoms with Crippen molar-refractivity contribution in [1.82, 2.24) is 14.7 Å². The first-order chi connectivity index (χ1) is 12.7. The molecule has 2 aliphatic rings. The third kappa shape index (κ3) is 4.75. The van der Waals surface area contributed by atoms with Crippen LogP contribution >= 0.6 is 0 Å². The average molecular weight is 359 g/mol. The van der Waals surface area contributed by atoms with Gasteiger partial charge in [-0.05, 0) is 25.3 Å². The zero-order chi connectivity index (χ0) is 18.4. The van der Waals surface area contributed by atoms with Crippen molar-refractivity contribution in [2.75, 3.05) is 45.9 Å². The molecule has 0 N–H and O–H groups in total. The molecule has 6 nitrogen and oxygen atoms in total. The monoisotopic (exact) mass is 359 g/mol. The van der Waals surface area contributed by atoms with Crippen LogP contribution in [0.4, 0.5) is 4.79 Å². The lowest BCUT2D eigenvalue weighted by atomic mass is 9.96. The van der Waals surface area contributed by atoms with Gasteiger partial charge in [-0.15, -0.1) is 0 Å². The van der Waals surface area contributed by atoms with E-state index in [1.54, 1.807) is 11.8 Å². The first kappa shape index (κ1) is 18.7. The first-order valence-corrected chi connectivity index (χ1v) is 9.64. The van der Waals surface area contributed by atoms with Crippen molar-refractivity contribution >= 4 is 12.0 Å². The number of likely N-dealkylation sites (tertiary alicyclic amines) is 1. The van der Waals surface area contributed by atoms with E-state index in [4.69, 9.17) is 4.74 Å². The van der Waals surface area contributed by atoms with Crippen LogP contribution in [0, 0.1) is 5.92 Å². The van der Waals surface area contributed by atoms with Gasteiger partial charge in [-0.3, -0.25) is 9.69 Å². The van der Waals surface area contributed by atoms with E-state index in [1.165, 1.54) is 5.56 Å². The van der Waals surface area contributed by atoms with E-state index < -0.39 is 0 Å². The van der Waals surface area contributed by atoms with E-state index >= 15 is 0 Å². The number of carbonyl (C=O) groups excluding carboxylic acids is 2. The molecule has 0 radical (unpaired) electrons. The van der Waals surface area contributed by atoms with Gasteiger partial charge < -0.3 is 14.5 Å². The summed E-state index contributed by atoms with van der Waals surface area (Å²) in [6.07, 6.45) is 1.43. The van der Waals surface area contributed by atoms with Gasteiger partial charge >= 0.3 is 6.09 Å². The van der Waals surface area contributed by atoms with Crippen molar-refractivity contribution in [2.45, 2.75) is 26.3 Å². The third-order valence-electron chi connectivity index (χ3n) is 5.23. The maximum Gasteiger partial charge on any atom is 0.409 e. The van der Waals surface area contributed by atoms with Crippen molar-refractivity contribution in [2.24, 2.45) is 5.92 Å². The van der Waals surface area contributed by atoms with E-state index in [2.05, 4.69) is 29.2 Å². The summed E-state index contributed by atoms with van der Waals surface area (Å²) in [4.78, 5) is 30.9. The lowest BCUT2D eigenvalue weighted by molar-refractivity contribution is -0.138. The number of hydrogen-bond acceptors (Lipinski definition) is 4. The summed E-state index contributed by atoms with van der Waals surface area (Å²) in [6.45, 7) is 7.61. The Labute approximate surface area is 155 Å². The zero-order valence-corrected chi connectivity index (χ0v) is 15.6. The summed E-state index contributed by atoms with van der Waals surface area (Å²) in [5.74, 6) is 0.104. The number of rotatable bonds is 4. The second kappa shape index (κ2) is 9.03. The summed E-state index contributed by atoms with van der Waals surface area (Å²) in [6, 6.07) is 10.4. The molecule has 0 aliphatic carbocycles. The van der Waals surface area contributed by atoms with Crippen LogP contribution in [0.5, 0.6) is 0 Å². The molecular weight excluding hydrogens is 330 g/mol. The normalized spacial score (nSPS) is 21.5. The summed E-state index contributed by atoms with van der Waals surface area (Å²) >= 11 is 0. The summed E-state index contributed by atoms with van der Waals surface area (Å²) in [5.41, 5.74) is 1.31. The quantitative estimate of drug-likeness (QED) is 0.827. The number of carbonyl (C=O) groups is 2. The molecule has 26 heavy (non-hydrogen) atoms. The van der Waals surface area contributed by atoms with Crippen LogP contribution in [0.2, 0.25) is 0 Å². The van der Waals surface area contributed by atoms with Gasteiger partial charge in [-0.1, -0.05) is 30.3 Å². The molecule has 0 bridgehead atoms. The minimum atomic E-state index is -0.294. The molecule has 142 valence electrons. The molecule has 0 saturated carbocycles. The molecular formula is C20H29N3O3. The molecule has 2 amide bonds. The van der Waals surface area contributed by atoms with E-state index in [9.17, 15) is 9.59 Å². The SMILES string of the molecule is CCOC(=O)N1CCCC(C(=O)N2CCN(Cc3ccccc3)CC2)C1. The smallest absolute Gasteiger partial charge is 0.409 e. The molecule has 6 heteroatoms. The Morgan fingerprint density at radius 3 is 2.46 bits per heavy atom. The number of piperazine rings is 1. The molecule has 0 spiro atoms. The first-order valence-electron chi connectivity index (χ1n) is 9.64. The van der Waals surface area contributed by atoms with Crippen LogP contribution in [0.15, 0.2) is 30.3 Å². The van der Waals surface area contributed by atoms with Gasteiger partial charge in [0.1, 0.15) is 0 Å². The third-order valence-corrected chi connectivity index (χ3v) is 5.23. The lowest BCUT2D eigenvalue weighted by Crippen LogP contribution is -2.52. The standard InChI is InChI=1S/C20H29N3O3/c1-2-26-20(25)23-10-6-9-18(16-23)19(24)22-13-11-21(12-14-22)15-17-7-4-3-5-8-17/h3-5,7-8,18H,2,6,9-16H2,1H3. The zero-order valence-electron chi connectivity index (χ0n) is 15.6. The van der Waals surface area contributed by atoms with Crippen molar-refractivity contribution in [3.63, 3.8) is 0 Å².